The van der Waals surface area contributed by atoms with Crippen LogP contribution in [0.2, 0.25) is 0 Å². The van der Waals surface area contributed by atoms with Crippen molar-refractivity contribution in [3.05, 3.63) is 89.5 Å². The molecule has 5 atom stereocenters. The van der Waals surface area contributed by atoms with Gasteiger partial charge in [-0.1, -0.05) is 18.2 Å². The maximum absolute atomic E-state index is 13.2. The van der Waals surface area contributed by atoms with Crippen LogP contribution in [-0.4, -0.2) is 112 Å². The van der Waals surface area contributed by atoms with Crippen LogP contribution in [0.1, 0.15) is 30.0 Å². The van der Waals surface area contributed by atoms with Crippen molar-refractivity contribution in [2.75, 3.05) is 0 Å². The molecule has 0 fully saturated rings. The van der Waals surface area contributed by atoms with Gasteiger partial charge in [0.1, 0.15) is 0 Å². The summed E-state index contributed by atoms with van der Waals surface area (Å²) in [5, 5.41) is 87.9. The third kappa shape index (κ3) is 12.8. The van der Waals surface area contributed by atoms with Gasteiger partial charge in [-0.2, -0.15) is 0 Å². The Bertz CT molecular complexity index is 2050. The van der Waals surface area contributed by atoms with Crippen molar-refractivity contribution in [3.63, 3.8) is 0 Å². The second-order valence-corrected chi connectivity index (χ2v) is 11.5. The van der Waals surface area contributed by atoms with Crippen LogP contribution in [0.4, 0.5) is 0 Å². The molecule has 3 aromatic rings. The summed E-state index contributed by atoms with van der Waals surface area (Å²) in [7, 11) is 0. The summed E-state index contributed by atoms with van der Waals surface area (Å²) in [6, 6.07) is 9.89. The number of carboxylic acid groups (broad SMARTS) is 2. The molecule has 0 aliphatic heterocycles. The lowest BCUT2D eigenvalue weighted by Gasteiger charge is -2.32. The molecule has 0 aliphatic rings. The van der Waals surface area contributed by atoms with Crippen LogP contribution in [0.5, 0.6) is 34.5 Å². The zero-order chi connectivity index (χ0) is 41.7. The van der Waals surface area contributed by atoms with Gasteiger partial charge in [0.05, 0.1) is 12.5 Å². The molecule has 0 unspecified atom stereocenters. The van der Waals surface area contributed by atoms with E-state index in [1.165, 1.54) is 18.2 Å². The number of phenols is 6. The van der Waals surface area contributed by atoms with Gasteiger partial charge in [-0.25, -0.2) is 24.0 Å². The number of phenolic OH excluding ortho intramolecular Hbond substituents is 6. The number of esters is 4. The second-order valence-electron chi connectivity index (χ2n) is 11.5. The van der Waals surface area contributed by atoms with Crippen molar-refractivity contribution in [1.82, 2.24) is 0 Å². The van der Waals surface area contributed by atoms with Crippen LogP contribution in [0.15, 0.2) is 72.8 Å². The number of carbonyl (C=O) groups excluding carboxylic acids is 4. The molecule has 0 radical (unpaired) electrons. The molecule has 0 spiro atoms. The number of ether oxygens (including phenoxy) is 4. The van der Waals surface area contributed by atoms with Gasteiger partial charge in [-0.3, -0.25) is 4.79 Å². The molecule has 0 bridgehead atoms. The summed E-state index contributed by atoms with van der Waals surface area (Å²) in [6.45, 7) is 1.14. The van der Waals surface area contributed by atoms with Gasteiger partial charge in [0.25, 0.3) is 0 Å². The standard InChI is InChI=1S/C37H34O19/c1-18(38)14-31(48)56-35(37(51)52)33(54-29(46)12-6-20-3-9-23(40)26(43)16-20)32(53-28(45)11-5-19-2-8-22(39)25(42)15-19)34(36(49)50)55-30(47)13-7-21-4-10-24(41)27(44)17-21/h2-13,15-18,32-35,38-44H,14H2,1H3,(H,49,50)(H,51,52)/b11-5+,12-6+,13-7+/t18-,32-,33-,34-,35+/m0/s1. The van der Waals surface area contributed by atoms with E-state index in [1.807, 2.05) is 0 Å². The number of aliphatic carboxylic acids is 2. The van der Waals surface area contributed by atoms with Gasteiger partial charge >= 0.3 is 35.8 Å². The molecule has 19 heteroatoms. The average molecular weight is 783 g/mol. The smallest absolute Gasteiger partial charge is 0.349 e. The lowest BCUT2D eigenvalue weighted by atomic mass is 10.0. The van der Waals surface area contributed by atoms with Gasteiger partial charge in [0.15, 0.2) is 46.7 Å². The molecule has 56 heavy (non-hydrogen) atoms. The van der Waals surface area contributed by atoms with Crippen molar-refractivity contribution < 1.29 is 93.7 Å². The maximum Gasteiger partial charge on any atom is 0.349 e. The molecule has 296 valence electrons. The van der Waals surface area contributed by atoms with Gasteiger partial charge in [-0.05, 0) is 78.2 Å². The highest BCUT2D eigenvalue weighted by Crippen LogP contribution is 2.28. The molecule has 0 saturated heterocycles. The third-order valence-corrected chi connectivity index (χ3v) is 7.11. The Balaban J connectivity index is 2.13. The molecule has 3 aromatic carbocycles. The number of carboxylic acids is 2. The van der Waals surface area contributed by atoms with E-state index in [9.17, 15) is 74.7 Å². The minimum Gasteiger partial charge on any atom is -0.504 e. The fourth-order valence-electron chi connectivity index (χ4n) is 4.49. The van der Waals surface area contributed by atoms with E-state index in [2.05, 4.69) is 0 Å². The van der Waals surface area contributed by atoms with E-state index in [0.717, 1.165) is 61.5 Å². The summed E-state index contributed by atoms with van der Waals surface area (Å²) >= 11 is 0. The van der Waals surface area contributed by atoms with Crippen LogP contribution in [0.25, 0.3) is 18.2 Å². The number of rotatable bonds is 17. The summed E-state index contributed by atoms with van der Waals surface area (Å²) in [5.74, 6) is -13.4. The van der Waals surface area contributed by atoms with E-state index < -0.39 is 107 Å². The normalized spacial score (nSPS) is 14.0. The lowest BCUT2D eigenvalue weighted by molar-refractivity contribution is -0.205. The first kappa shape index (κ1) is 42.9. The first-order valence-corrected chi connectivity index (χ1v) is 15.9. The molecule has 0 aliphatic carbocycles. The largest absolute Gasteiger partial charge is 0.504 e. The highest BCUT2D eigenvalue weighted by atomic mass is 16.6. The zero-order valence-electron chi connectivity index (χ0n) is 28.9. The minimum atomic E-state index is -2.75. The molecule has 0 heterocycles. The first-order chi connectivity index (χ1) is 26.3. The highest BCUT2D eigenvalue weighted by Gasteiger charge is 2.50. The molecular formula is C37H34O19. The van der Waals surface area contributed by atoms with E-state index in [-0.39, 0.29) is 16.7 Å². The number of carbonyl (C=O) groups is 6. The number of aliphatic hydroxyl groups excluding tert-OH is 1. The topological polar surface area (TPSA) is 321 Å². The van der Waals surface area contributed by atoms with E-state index >= 15 is 0 Å². The van der Waals surface area contributed by atoms with Gasteiger partial charge in [0, 0.05) is 18.2 Å². The number of aliphatic hydroxyl groups is 1. The van der Waals surface area contributed by atoms with Crippen LogP contribution in [-0.2, 0) is 47.7 Å². The van der Waals surface area contributed by atoms with Crippen molar-refractivity contribution >= 4 is 54.0 Å². The van der Waals surface area contributed by atoms with E-state index in [0.29, 0.717) is 18.2 Å². The number of aromatic hydroxyl groups is 6. The zero-order valence-corrected chi connectivity index (χ0v) is 28.9. The molecular weight excluding hydrogens is 748 g/mol. The van der Waals surface area contributed by atoms with Gasteiger partial charge < -0.3 is 64.9 Å². The Hall–Kier alpha value is -7.54. The molecule has 0 amide bonds. The summed E-state index contributed by atoms with van der Waals surface area (Å²) in [5.41, 5.74) is 0.240. The molecule has 3 rings (SSSR count). The Labute approximate surface area is 315 Å². The van der Waals surface area contributed by atoms with Crippen molar-refractivity contribution in [1.29, 1.82) is 0 Å². The fourth-order valence-corrected chi connectivity index (χ4v) is 4.49. The number of hydrogen-bond donors (Lipinski definition) is 9. The third-order valence-electron chi connectivity index (χ3n) is 7.11. The number of benzene rings is 3. The monoisotopic (exact) mass is 782 g/mol. The highest BCUT2D eigenvalue weighted by molar-refractivity contribution is 5.91. The van der Waals surface area contributed by atoms with Crippen LogP contribution in [0.3, 0.4) is 0 Å². The first-order valence-electron chi connectivity index (χ1n) is 15.9. The summed E-state index contributed by atoms with van der Waals surface area (Å²) in [4.78, 5) is 77.1. The molecule has 9 N–H and O–H groups in total. The Morgan fingerprint density at radius 3 is 1.14 bits per heavy atom. The van der Waals surface area contributed by atoms with Crippen molar-refractivity contribution in [2.24, 2.45) is 0 Å². The average Bonchev–Trinajstić information content (AvgIpc) is 3.12. The second kappa shape index (κ2) is 19.5. The van der Waals surface area contributed by atoms with Crippen LogP contribution < -0.4 is 0 Å². The maximum atomic E-state index is 13.2. The molecule has 19 nitrogen and oxygen atoms in total. The fraction of sp³-hybridized carbons (Fsp3) is 0.189. The van der Waals surface area contributed by atoms with Crippen molar-refractivity contribution in [2.45, 2.75) is 43.9 Å². The Morgan fingerprint density at radius 1 is 0.518 bits per heavy atom. The Morgan fingerprint density at radius 2 is 0.839 bits per heavy atom. The van der Waals surface area contributed by atoms with Gasteiger partial charge in [-0.15, -0.1) is 0 Å². The molecule has 0 aromatic heterocycles. The Kier molecular flexibility index (Phi) is 14.9. The summed E-state index contributed by atoms with van der Waals surface area (Å²) < 4.78 is 20.4. The quantitative estimate of drug-likeness (QED) is 0.0409. The van der Waals surface area contributed by atoms with Crippen LogP contribution in [0, 0.1) is 0 Å². The van der Waals surface area contributed by atoms with E-state index in [1.54, 1.807) is 0 Å². The lowest BCUT2D eigenvalue weighted by Crippen LogP contribution is -2.56. The predicted molar refractivity (Wildman–Crippen MR) is 188 cm³/mol. The SMILES string of the molecule is C[C@H](O)CC(=O)O[C@@H](C(=O)O)[C@@H](OC(=O)/C=C/c1ccc(O)c(O)c1)[C@H](OC(=O)/C=C/c1ccc(O)c(O)c1)[C@H](OC(=O)/C=C/c1ccc(O)c(O)c1)C(=O)O. The summed E-state index contributed by atoms with van der Waals surface area (Å²) in [6.07, 6.45) is -8.13. The number of hydrogen-bond acceptors (Lipinski definition) is 17. The van der Waals surface area contributed by atoms with Crippen LogP contribution >= 0.6 is 0 Å². The van der Waals surface area contributed by atoms with Gasteiger partial charge in [0.2, 0.25) is 12.2 Å². The van der Waals surface area contributed by atoms with Crippen molar-refractivity contribution in [3.8, 4) is 34.5 Å². The molecule has 0 saturated carbocycles. The minimum absolute atomic E-state index is 0.0734. The predicted octanol–water partition coefficient (Wildman–Crippen LogP) is 1.95. The van der Waals surface area contributed by atoms with E-state index in [4.69, 9.17) is 18.9 Å².